The summed E-state index contributed by atoms with van der Waals surface area (Å²) in [5, 5.41) is 24.8. The minimum absolute atomic E-state index is 0.0932. The van der Waals surface area contributed by atoms with Crippen molar-refractivity contribution < 1.29 is 14.7 Å². The summed E-state index contributed by atoms with van der Waals surface area (Å²) in [7, 11) is 0. The van der Waals surface area contributed by atoms with Gasteiger partial charge < -0.3 is 10.4 Å². The molecular weight excluding hydrogens is 262 g/mol. The molecule has 4 N–H and O–H groups in total. The van der Waals surface area contributed by atoms with Crippen LogP contribution < -0.4 is 5.32 Å². The fourth-order valence-electron chi connectivity index (χ4n) is 1.76. The van der Waals surface area contributed by atoms with E-state index in [0.29, 0.717) is 5.56 Å². The summed E-state index contributed by atoms with van der Waals surface area (Å²) in [6.07, 6.45) is 1.66. The minimum Gasteiger partial charge on any atom is -0.477 e. The van der Waals surface area contributed by atoms with E-state index in [1.165, 1.54) is 6.07 Å². The first kappa shape index (κ1) is 11.9. The SMILES string of the molecule is O=C(Nc1cc(C(=O)O)[nH]n1)c1ccc2cn[nH]c2c1. The van der Waals surface area contributed by atoms with Crippen molar-refractivity contribution in [2.45, 2.75) is 0 Å². The first-order valence-corrected chi connectivity index (χ1v) is 5.66. The van der Waals surface area contributed by atoms with Gasteiger partial charge in [0.15, 0.2) is 5.82 Å². The van der Waals surface area contributed by atoms with Crippen molar-refractivity contribution in [1.29, 1.82) is 0 Å². The van der Waals surface area contributed by atoms with Gasteiger partial charge in [0.05, 0.1) is 11.7 Å². The summed E-state index contributed by atoms with van der Waals surface area (Å²) >= 11 is 0. The van der Waals surface area contributed by atoms with Crippen LogP contribution in [-0.2, 0) is 0 Å². The average molecular weight is 271 g/mol. The molecular formula is C12H9N5O3. The molecule has 1 amide bonds. The molecule has 0 radical (unpaired) electrons. The molecule has 2 heterocycles. The van der Waals surface area contributed by atoms with Crippen LogP contribution in [0.15, 0.2) is 30.5 Å². The highest BCUT2D eigenvalue weighted by molar-refractivity contribution is 6.05. The van der Waals surface area contributed by atoms with Gasteiger partial charge in [-0.2, -0.15) is 10.2 Å². The zero-order valence-electron chi connectivity index (χ0n) is 10.0. The Balaban J connectivity index is 1.82. The van der Waals surface area contributed by atoms with Crippen molar-refractivity contribution in [1.82, 2.24) is 20.4 Å². The van der Waals surface area contributed by atoms with Gasteiger partial charge in [0.1, 0.15) is 5.69 Å². The zero-order chi connectivity index (χ0) is 14.1. The summed E-state index contributed by atoms with van der Waals surface area (Å²) < 4.78 is 0. The Labute approximate surface area is 111 Å². The van der Waals surface area contributed by atoms with Gasteiger partial charge in [-0.15, -0.1) is 0 Å². The predicted molar refractivity (Wildman–Crippen MR) is 69.6 cm³/mol. The number of benzene rings is 1. The Kier molecular flexibility index (Phi) is 2.68. The van der Waals surface area contributed by atoms with Gasteiger partial charge >= 0.3 is 5.97 Å². The third-order valence-electron chi connectivity index (χ3n) is 2.75. The maximum atomic E-state index is 12.0. The second-order valence-electron chi connectivity index (χ2n) is 4.10. The maximum absolute atomic E-state index is 12.0. The van der Waals surface area contributed by atoms with Gasteiger partial charge in [-0.25, -0.2) is 4.79 Å². The fraction of sp³-hybridized carbons (Fsp3) is 0. The Morgan fingerprint density at radius 3 is 2.80 bits per heavy atom. The number of aromatic carboxylic acids is 1. The molecule has 3 aromatic rings. The molecule has 1 aromatic carbocycles. The number of H-pyrrole nitrogens is 2. The van der Waals surface area contributed by atoms with Crippen molar-refractivity contribution in [3.8, 4) is 0 Å². The van der Waals surface area contributed by atoms with Crippen LogP contribution in [-0.4, -0.2) is 37.4 Å². The third-order valence-corrected chi connectivity index (χ3v) is 2.75. The largest absolute Gasteiger partial charge is 0.477 e. The molecule has 0 bridgehead atoms. The molecule has 0 saturated heterocycles. The van der Waals surface area contributed by atoms with E-state index in [0.717, 1.165) is 10.9 Å². The van der Waals surface area contributed by atoms with Crippen molar-refractivity contribution >= 4 is 28.6 Å². The number of carboxylic acids is 1. The number of aromatic nitrogens is 4. The normalized spacial score (nSPS) is 10.6. The van der Waals surface area contributed by atoms with Gasteiger partial charge in [0, 0.05) is 17.0 Å². The van der Waals surface area contributed by atoms with Gasteiger partial charge in [0.2, 0.25) is 0 Å². The predicted octanol–water partition coefficient (Wildman–Crippen LogP) is 1.24. The summed E-state index contributed by atoms with van der Waals surface area (Å²) in [5.41, 5.74) is 1.07. The maximum Gasteiger partial charge on any atom is 0.353 e. The van der Waals surface area contributed by atoms with Crippen LogP contribution in [0.1, 0.15) is 20.8 Å². The Bertz CT molecular complexity index is 804. The van der Waals surface area contributed by atoms with E-state index < -0.39 is 5.97 Å². The number of amides is 1. The van der Waals surface area contributed by atoms with Crippen LogP contribution in [0.25, 0.3) is 10.9 Å². The zero-order valence-corrected chi connectivity index (χ0v) is 10.0. The van der Waals surface area contributed by atoms with Crippen LogP contribution in [0.2, 0.25) is 0 Å². The van der Waals surface area contributed by atoms with E-state index in [1.54, 1.807) is 24.4 Å². The van der Waals surface area contributed by atoms with Gasteiger partial charge in [0.25, 0.3) is 5.91 Å². The number of aromatic amines is 2. The number of rotatable bonds is 3. The van der Waals surface area contributed by atoms with Crippen LogP contribution in [0, 0.1) is 0 Å². The molecule has 8 heteroatoms. The lowest BCUT2D eigenvalue weighted by Crippen LogP contribution is -2.12. The molecule has 3 rings (SSSR count). The third kappa shape index (κ3) is 2.09. The van der Waals surface area contributed by atoms with Crippen molar-refractivity contribution in [2.75, 3.05) is 5.32 Å². The topological polar surface area (TPSA) is 124 Å². The molecule has 0 aliphatic rings. The molecule has 0 aliphatic heterocycles. The number of nitrogens with zero attached hydrogens (tertiary/aromatic N) is 2. The molecule has 0 fully saturated rings. The van der Waals surface area contributed by atoms with Gasteiger partial charge in [-0.3, -0.25) is 15.0 Å². The number of carbonyl (C=O) groups excluding carboxylic acids is 1. The lowest BCUT2D eigenvalue weighted by molar-refractivity contribution is 0.0690. The smallest absolute Gasteiger partial charge is 0.353 e. The molecule has 100 valence electrons. The Hall–Kier alpha value is -3.16. The molecule has 0 saturated carbocycles. The molecule has 2 aromatic heterocycles. The number of nitrogens with one attached hydrogen (secondary N) is 3. The number of hydrogen-bond acceptors (Lipinski definition) is 4. The summed E-state index contributed by atoms with van der Waals surface area (Å²) in [4.78, 5) is 22.7. The van der Waals surface area contributed by atoms with Crippen molar-refractivity contribution in [3.63, 3.8) is 0 Å². The lowest BCUT2D eigenvalue weighted by Gasteiger charge is -2.01. The average Bonchev–Trinajstić information content (AvgIpc) is 3.05. The monoisotopic (exact) mass is 271 g/mol. The highest BCUT2D eigenvalue weighted by atomic mass is 16.4. The van der Waals surface area contributed by atoms with E-state index in [1.807, 2.05) is 0 Å². The molecule has 20 heavy (non-hydrogen) atoms. The first-order valence-electron chi connectivity index (χ1n) is 5.66. The Morgan fingerprint density at radius 1 is 1.20 bits per heavy atom. The van der Waals surface area contributed by atoms with Crippen LogP contribution in [0.3, 0.4) is 0 Å². The Morgan fingerprint density at radius 2 is 2.05 bits per heavy atom. The van der Waals surface area contributed by atoms with Crippen molar-refractivity contribution in [3.05, 3.63) is 41.7 Å². The van der Waals surface area contributed by atoms with E-state index in [-0.39, 0.29) is 17.4 Å². The second kappa shape index (κ2) is 4.50. The highest BCUT2D eigenvalue weighted by Gasteiger charge is 2.12. The van der Waals surface area contributed by atoms with Crippen molar-refractivity contribution in [2.24, 2.45) is 0 Å². The molecule has 0 unspecified atom stereocenters. The number of carbonyl (C=O) groups is 2. The van der Waals surface area contributed by atoms with E-state index in [4.69, 9.17) is 5.11 Å². The van der Waals surface area contributed by atoms with E-state index >= 15 is 0 Å². The number of hydrogen-bond donors (Lipinski definition) is 4. The van der Waals surface area contributed by atoms with Gasteiger partial charge in [-0.05, 0) is 12.1 Å². The number of carboxylic acid groups (broad SMARTS) is 1. The first-order chi connectivity index (χ1) is 9.63. The van der Waals surface area contributed by atoms with E-state index in [9.17, 15) is 9.59 Å². The molecule has 8 nitrogen and oxygen atoms in total. The highest BCUT2D eigenvalue weighted by Crippen LogP contribution is 2.14. The number of fused-ring (bicyclic) bond motifs is 1. The molecule has 0 atom stereocenters. The lowest BCUT2D eigenvalue weighted by atomic mass is 10.1. The quantitative estimate of drug-likeness (QED) is 0.570. The van der Waals surface area contributed by atoms with Crippen LogP contribution >= 0.6 is 0 Å². The van der Waals surface area contributed by atoms with Crippen LogP contribution in [0.4, 0.5) is 5.82 Å². The molecule has 0 aliphatic carbocycles. The second-order valence-corrected chi connectivity index (χ2v) is 4.10. The molecule has 0 spiro atoms. The minimum atomic E-state index is -1.14. The number of anilines is 1. The fourth-order valence-corrected chi connectivity index (χ4v) is 1.76. The van der Waals surface area contributed by atoms with Crippen LogP contribution in [0.5, 0.6) is 0 Å². The van der Waals surface area contributed by atoms with Gasteiger partial charge in [-0.1, -0.05) is 6.07 Å². The summed E-state index contributed by atoms with van der Waals surface area (Å²) in [6, 6.07) is 6.32. The summed E-state index contributed by atoms with van der Waals surface area (Å²) in [5.74, 6) is -1.38. The standard InChI is InChI=1S/C12H9N5O3/c18-11(14-10-4-9(12(19)20)16-17-10)6-1-2-7-5-13-15-8(7)3-6/h1-5H,(H,13,15)(H,19,20)(H2,14,16,17,18). The van der Waals surface area contributed by atoms with E-state index in [2.05, 4.69) is 25.7 Å². The summed E-state index contributed by atoms with van der Waals surface area (Å²) in [6.45, 7) is 0.